The molecular weight excluding hydrogens is 168 g/mol. The molecule has 2 N–H and O–H groups in total. The summed E-state index contributed by atoms with van der Waals surface area (Å²) in [5.41, 5.74) is 1.05. The molecule has 3 heteroatoms. The molecule has 13 heavy (non-hydrogen) atoms. The zero-order valence-corrected chi connectivity index (χ0v) is 7.61. The van der Waals surface area contributed by atoms with Crippen molar-refractivity contribution in [3.63, 3.8) is 0 Å². The van der Waals surface area contributed by atoms with Gasteiger partial charge in [-0.15, -0.1) is 0 Å². The average molecular weight is 180 g/mol. The number of carbonyl (C=O) groups excluding carboxylic acids is 1. The summed E-state index contributed by atoms with van der Waals surface area (Å²) in [5.74, 6) is -0.546. The molecule has 0 fully saturated rings. The van der Waals surface area contributed by atoms with Crippen molar-refractivity contribution >= 4 is 6.29 Å². The number of phenols is 2. The maximum atomic E-state index is 10.5. The van der Waals surface area contributed by atoms with Crippen molar-refractivity contribution in [1.82, 2.24) is 0 Å². The zero-order chi connectivity index (χ0) is 10.0. The van der Waals surface area contributed by atoms with Crippen molar-refractivity contribution in [2.75, 3.05) is 0 Å². The van der Waals surface area contributed by atoms with E-state index >= 15 is 0 Å². The molecule has 70 valence electrons. The number of benzene rings is 1. The Labute approximate surface area is 76.6 Å². The second kappa shape index (κ2) is 3.47. The van der Waals surface area contributed by atoms with E-state index in [2.05, 4.69) is 0 Å². The minimum atomic E-state index is -0.486. The monoisotopic (exact) mass is 180 g/mol. The van der Waals surface area contributed by atoms with E-state index in [1.54, 1.807) is 13.8 Å². The number of carbonyl (C=O) groups is 1. The van der Waals surface area contributed by atoms with E-state index in [1.165, 1.54) is 12.1 Å². The lowest BCUT2D eigenvalue weighted by Crippen LogP contribution is -1.96. The summed E-state index contributed by atoms with van der Waals surface area (Å²) in [4.78, 5) is 10.5. The SMILES string of the molecule is Cc1cc(O)c(C(C)C=O)c(O)c1. The van der Waals surface area contributed by atoms with Crippen molar-refractivity contribution < 1.29 is 15.0 Å². The summed E-state index contributed by atoms with van der Waals surface area (Å²) in [6.45, 7) is 3.38. The molecule has 0 aliphatic rings. The highest BCUT2D eigenvalue weighted by Crippen LogP contribution is 2.33. The Morgan fingerprint density at radius 3 is 2.15 bits per heavy atom. The van der Waals surface area contributed by atoms with E-state index < -0.39 is 5.92 Å². The van der Waals surface area contributed by atoms with Crippen LogP contribution in [0.25, 0.3) is 0 Å². The van der Waals surface area contributed by atoms with Crippen LogP contribution in [0.5, 0.6) is 11.5 Å². The Hall–Kier alpha value is -1.51. The first-order chi connectivity index (χ1) is 6.06. The fraction of sp³-hybridized carbons (Fsp3) is 0.300. The molecule has 0 aliphatic heterocycles. The largest absolute Gasteiger partial charge is 0.507 e. The normalized spacial score (nSPS) is 12.5. The van der Waals surface area contributed by atoms with Gasteiger partial charge in [0.25, 0.3) is 0 Å². The summed E-state index contributed by atoms with van der Waals surface area (Å²) < 4.78 is 0. The first-order valence-electron chi connectivity index (χ1n) is 4.04. The van der Waals surface area contributed by atoms with Crippen LogP contribution < -0.4 is 0 Å². The molecule has 1 aromatic rings. The summed E-state index contributed by atoms with van der Waals surface area (Å²) in [7, 11) is 0. The van der Waals surface area contributed by atoms with Crippen molar-refractivity contribution in [1.29, 1.82) is 0 Å². The maximum absolute atomic E-state index is 10.5. The third-order valence-electron chi connectivity index (χ3n) is 1.94. The van der Waals surface area contributed by atoms with Gasteiger partial charge < -0.3 is 15.0 Å². The second-order valence-corrected chi connectivity index (χ2v) is 3.14. The minimum Gasteiger partial charge on any atom is -0.507 e. The molecule has 0 bridgehead atoms. The van der Waals surface area contributed by atoms with Gasteiger partial charge in [0.15, 0.2) is 0 Å². The van der Waals surface area contributed by atoms with Gasteiger partial charge in [0.2, 0.25) is 0 Å². The maximum Gasteiger partial charge on any atom is 0.127 e. The van der Waals surface area contributed by atoms with Crippen LogP contribution in [-0.2, 0) is 4.79 Å². The lowest BCUT2D eigenvalue weighted by Gasteiger charge is -2.10. The van der Waals surface area contributed by atoms with Gasteiger partial charge in [-0.3, -0.25) is 0 Å². The topological polar surface area (TPSA) is 57.5 Å². The quantitative estimate of drug-likeness (QED) is 0.681. The van der Waals surface area contributed by atoms with Gasteiger partial charge >= 0.3 is 0 Å². The van der Waals surface area contributed by atoms with Crippen LogP contribution in [0.15, 0.2) is 12.1 Å². The van der Waals surface area contributed by atoms with Crippen molar-refractivity contribution in [3.05, 3.63) is 23.3 Å². The summed E-state index contributed by atoms with van der Waals surface area (Å²) in [6, 6.07) is 3.05. The van der Waals surface area contributed by atoms with Crippen LogP contribution in [0.4, 0.5) is 0 Å². The first-order valence-corrected chi connectivity index (χ1v) is 4.04. The molecule has 0 heterocycles. The molecule has 1 rings (SSSR count). The predicted molar refractivity (Wildman–Crippen MR) is 49.0 cm³/mol. The van der Waals surface area contributed by atoms with Gasteiger partial charge in [0, 0.05) is 11.5 Å². The van der Waals surface area contributed by atoms with Gasteiger partial charge in [0.05, 0.1) is 0 Å². The van der Waals surface area contributed by atoms with Crippen molar-refractivity contribution in [2.45, 2.75) is 19.8 Å². The van der Waals surface area contributed by atoms with Gasteiger partial charge in [-0.25, -0.2) is 0 Å². The Kier molecular flexibility index (Phi) is 2.56. The molecule has 0 amide bonds. The molecule has 3 nitrogen and oxygen atoms in total. The van der Waals surface area contributed by atoms with Crippen LogP contribution in [0.2, 0.25) is 0 Å². The van der Waals surface area contributed by atoms with E-state index in [-0.39, 0.29) is 11.5 Å². The van der Waals surface area contributed by atoms with E-state index in [0.29, 0.717) is 11.8 Å². The van der Waals surface area contributed by atoms with Crippen LogP contribution >= 0.6 is 0 Å². The fourth-order valence-corrected chi connectivity index (χ4v) is 1.29. The number of rotatable bonds is 2. The molecule has 1 atom stereocenters. The molecule has 0 aromatic heterocycles. The van der Waals surface area contributed by atoms with Gasteiger partial charge in [-0.05, 0) is 24.6 Å². The Bertz CT molecular complexity index is 308. The number of aromatic hydroxyl groups is 2. The summed E-state index contributed by atoms with van der Waals surface area (Å²) in [6.07, 6.45) is 0.685. The van der Waals surface area contributed by atoms with Crippen LogP contribution in [0.1, 0.15) is 24.0 Å². The lowest BCUT2D eigenvalue weighted by molar-refractivity contribution is -0.108. The van der Waals surface area contributed by atoms with E-state index in [0.717, 1.165) is 5.56 Å². The van der Waals surface area contributed by atoms with Crippen LogP contribution in [-0.4, -0.2) is 16.5 Å². The van der Waals surface area contributed by atoms with Crippen molar-refractivity contribution in [3.8, 4) is 11.5 Å². The Morgan fingerprint density at radius 2 is 1.77 bits per heavy atom. The molecule has 0 spiro atoms. The van der Waals surface area contributed by atoms with Gasteiger partial charge in [0.1, 0.15) is 17.8 Å². The van der Waals surface area contributed by atoms with E-state index in [1.807, 2.05) is 0 Å². The molecular formula is C10H12O3. The highest BCUT2D eigenvalue weighted by Gasteiger charge is 2.14. The van der Waals surface area contributed by atoms with Crippen LogP contribution in [0.3, 0.4) is 0 Å². The fourth-order valence-electron chi connectivity index (χ4n) is 1.29. The molecule has 0 aliphatic carbocycles. The molecule has 0 radical (unpaired) electrons. The molecule has 1 unspecified atom stereocenters. The van der Waals surface area contributed by atoms with Crippen molar-refractivity contribution in [2.24, 2.45) is 0 Å². The number of hydrogen-bond acceptors (Lipinski definition) is 3. The van der Waals surface area contributed by atoms with E-state index in [9.17, 15) is 15.0 Å². The number of aryl methyl sites for hydroxylation is 1. The third-order valence-corrected chi connectivity index (χ3v) is 1.94. The standard InChI is InChI=1S/C10H12O3/c1-6-3-8(12)10(7(2)5-11)9(13)4-6/h3-5,7,12-13H,1-2H3. The molecule has 1 aromatic carbocycles. The number of aldehydes is 1. The molecule has 0 saturated heterocycles. The highest BCUT2D eigenvalue weighted by molar-refractivity contribution is 5.66. The Morgan fingerprint density at radius 1 is 1.31 bits per heavy atom. The number of phenolic OH excluding ortho intramolecular Hbond substituents is 2. The smallest absolute Gasteiger partial charge is 0.127 e. The summed E-state index contributed by atoms with van der Waals surface area (Å²) >= 11 is 0. The zero-order valence-electron chi connectivity index (χ0n) is 7.61. The van der Waals surface area contributed by atoms with Crippen LogP contribution in [0, 0.1) is 6.92 Å². The van der Waals surface area contributed by atoms with E-state index in [4.69, 9.17) is 0 Å². The molecule has 0 saturated carbocycles. The predicted octanol–water partition coefficient (Wildman–Crippen LogP) is 1.71. The Balaban J connectivity index is 3.28. The highest BCUT2D eigenvalue weighted by atomic mass is 16.3. The third kappa shape index (κ3) is 1.80. The lowest BCUT2D eigenvalue weighted by atomic mass is 9.99. The van der Waals surface area contributed by atoms with Gasteiger partial charge in [-0.2, -0.15) is 0 Å². The minimum absolute atomic E-state index is 0.0305. The number of hydrogen-bond donors (Lipinski definition) is 2. The second-order valence-electron chi connectivity index (χ2n) is 3.14. The first kappa shape index (κ1) is 9.58. The summed E-state index contributed by atoms with van der Waals surface area (Å²) in [5, 5.41) is 18.9. The van der Waals surface area contributed by atoms with Gasteiger partial charge in [-0.1, -0.05) is 6.92 Å². The average Bonchev–Trinajstić information content (AvgIpc) is 2.02.